The molecule has 1 fully saturated rings. The highest BCUT2D eigenvalue weighted by Gasteiger charge is 2.28. The number of ether oxygens (including phenoxy) is 1. The molecule has 0 aromatic heterocycles. The highest BCUT2D eigenvalue weighted by Crippen LogP contribution is 2.21. The maximum Gasteiger partial charge on any atom is 0.251 e. The normalized spacial score (nSPS) is 15.7. The van der Waals surface area contributed by atoms with E-state index in [9.17, 15) is 13.2 Å². The molecule has 0 atom stereocenters. The Balaban J connectivity index is 1.67. The summed E-state index contributed by atoms with van der Waals surface area (Å²) in [6, 6.07) is 12.4. The van der Waals surface area contributed by atoms with Gasteiger partial charge in [0.25, 0.3) is 5.91 Å². The van der Waals surface area contributed by atoms with Crippen molar-refractivity contribution in [2.45, 2.75) is 18.2 Å². The molecule has 0 saturated carbocycles. The highest BCUT2D eigenvalue weighted by molar-refractivity contribution is 7.89. The van der Waals surface area contributed by atoms with Crippen LogP contribution in [0.5, 0.6) is 5.75 Å². The number of carbonyl (C=O) groups excluding carboxylic acids is 1. The average Bonchev–Trinajstić information content (AvgIpc) is 2.74. The molecule has 1 saturated heterocycles. The average molecular weight is 432 g/mol. The van der Waals surface area contributed by atoms with Gasteiger partial charge in [0.15, 0.2) is 0 Å². The van der Waals surface area contributed by atoms with Crippen molar-refractivity contribution >= 4 is 15.9 Å². The fraction of sp³-hybridized carbons (Fsp3) is 0.409. The first-order valence-electron chi connectivity index (χ1n) is 10.0. The molecule has 0 radical (unpaired) electrons. The van der Waals surface area contributed by atoms with E-state index in [0.717, 1.165) is 16.9 Å². The van der Waals surface area contributed by atoms with Gasteiger partial charge in [0.1, 0.15) is 5.75 Å². The number of nitrogens with one attached hydrogen (secondary N) is 1. The zero-order valence-corrected chi connectivity index (χ0v) is 18.5. The minimum absolute atomic E-state index is 0.165. The molecule has 1 heterocycles. The molecule has 0 aliphatic carbocycles. The Kier molecular flexibility index (Phi) is 7.12. The molecule has 162 valence electrons. The summed E-state index contributed by atoms with van der Waals surface area (Å²) < 4.78 is 32.6. The van der Waals surface area contributed by atoms with Crippen molar-refractivity contribution in [3.05, 3.63) is 59.2 Å². The number of likely N-dealkylation sites (N-methyl/N-ethyl adjacent to an activating group) is 1. The lowest BCUT2D eigenvalue weighted by atomic mass is 10.1. The number of piperazine rings is 1. The number of benzene rings is 2. The second-order valence-electron chi connectivity index (χ2n) is 7.54. The predicted molar refractivity (Wildman–Crippen MR) is 116 cm³/mol. The number of amides is 1. The van der Waals surface area contributed by atoms with Gasteiger partial charge < -0.3 is 15.0 Å². The molecule has 0 unspecified atom stereocenters. The van der Waals surface area contributed by atoms with Crippen molar-refractivity contribution in [2.75, 3.05) is 46.9 Å². The van der Waals surface area contributed by atoms with Crippen LogP contribution in [0.3, 0.4) is 0 Å². The molecule has 1 amide bonds. The Morgan fingerprint density at radius 2 is 1.73 bits per heavy atom. The second kappa shape index (κ2) is 9.59. The van der Waals surface area contributed by atoms with Crippen LogP contribution in [0.4, 0.5) is 0 Å². The van der Waals surface area contributed by atoms with E-state index in [1.54, 1.807) is 19.2 Å². The monoisotopic (exact) mass is 431 g/mol. The standard InChI is InChI=1S/C22H29N3O4S/c1-17-4-9-20(30(27,28)25-14-12-24(2)13-15-25)16-21(17)22(26)23-11-10-18-5-7-19(29-3)8-6-18/h4-9,16H,10-15H2,1-3H3,(H,23,26). The first-order valence-corrected chi connectivity index (χ1v) is 11.5. The smallest absolute Gasteiger partial charge is 0.251 e. The summed E-state index contributed by atoms with van der Waals surface area (Å²) in [7, 11) is -0.0165. The summed E-state index contributed by atoms with van der Waals surface area (Å²) in [6.45, 7) is 4.57. The van der Waals surface area contributed by atoms with Crippen LogP contribution in [-0.4, -0.2) is 70.4 Å². The zero-order valence-electron chi connectivity index (χ0n) is 17.7. The van der Waals surface area contributed by atoms with Crippen LogP contribution in [0.2, 0.25) is 0 Å². The van der Waals surface area contributed by atoms with Gasteiger partial charge in [-0.15, -0.1) is 0 Å². The predicted octanol–water partition coefficient (Wildman–Crippen LogP) is 1.91. The Hall–Kier alpha value is -2.42. The van der Waals surface area contributed by atoms with E-state index in [1.165, 1.54) is 10.4 Å². The third kappa shape index (κ3) is 5.19. The van der Waals surface area contributed by atoms with E-state index in [4.69, 9.17) is 4.74 Å². The van der Waals surface area contributed by atoms with Crippen LogP contribution in [-0.2, 0) is 16.4 Å². The number of rotatable bonds is 7. The lowest BCUT2D eigenvalue weighted by Crippen LogP contribution is -2.47. The van der Waals surface area contributed by atoms with Gasteiger partial charge in [-0.1, -0.05) is 18.2 Å². The van der Waals surface area contributed by atoms with Crippen LogP contribution >= 0.6 is 0 Å². The van der Waals surface area contributed by atoms with Gasteiger partial charge in [0, 0.05) is 38.3 Å². The van der Waals surface area contributed by atoms with E-state index in [0.29, 0.717) is 44.7 Å². The maximum atomic E-state index is 13.0. The van der Waals surface area contributed by atoms with Crippen molar-refractivity contribution < 1.29 is 17.9 Å². The van der Waals surface area contributed by atoms with Gasteiger partial charge >= 0.3 is 0 Å². The summed E-state index contributed by atoms with van der Waals surface area (Å²) in [5, 5.41) is 2.90. The van der Waals surface area contributed by atoms with Crippen molar-refractivity contribution in [3.63, 3.8) is 0 Å². The maximum absolute atomic E-state index is 13.0. The Morgan fingerprint density at radius 3 is 2.37 bits per heavy atom. The summed E-state index contributed by atoms with van der Waals surface area (Å²) in [5.74, 6) is 0.522. The molecule has 8 heteroatoms. The molecule has 0 bridgehead atoms. The van der Waals surface area contributed by atoms with Gasteiger partial charge in [-0.25, -0.2) is 8.42 Å². The highest BCUT2D eigenvalue weighted by atomic mass is 32.2. The summed E-state index contributed by atoms with van der Waals surface area (Å²) in [5.41, 5.74) is 2.22. The van der Waals surface area contributed by atoms with Crippen LogP contribution in [0.1, 0.15) is 21.5 Å². The van der Waals surface area contributed by atoms with E-state index < -0.39 is 10.0 Å². The Morgan fingerprint density at radius 1 is 1.07 bits per heavy atom. The number of hydrogen-bond acceptors (Lipinski definition) is 5. The molecule has 2 aromatic rings. The molecule has 1 N–H and O–H groups in total. The van der Waals surface area contributed by atoms with Gasteiger partial charge in [-0.2, -0.15) is 4.31 Å². The van der Waals surface area contributed by atoms with Crippen molar-refractivity contribution in [3.8, 4) is 5.75 Å². The molecule has 3 rings (SSSR count). The number of nitrogens with zero attached hydrogens (tertiary/aromatic N) is 2. The fourth-order valence-corrected chi connectivity index (χ4v) is 4.84. The molecular formula is C22H29N3O4S. The first-order chi connectivity index (χ1) is 14.3. The van der Waals surface area contributed by atoms with Crippen molar-refractivity contribution in [1.29, 1.82) is 0 Å². The van der Waals surface area contributed by atoms with E-state index >= 15 is 0 Å². The number of hydrogen-bond donors (Lipinski definition) is 1. The molecule has 2 aromatic carbocycles. The third-order valence-electron chi connectivity index (χ3n) is 5.41. The first kappa shape index (κ1) is 22.3. The fourth-order valence-electron chi connectivity index (χ4n) is 3.39. The third-order valence-corrected chi connectivity index (χ3v) is 7.31. The number of sulfonamides is 1. The molecule has 0 spiro atoms. The van der Waals surface area contributed by atoms with Crippen LogP contribution in [0.15, 0.2) is 47.4 Å². The van der Waals surface area contributed by atoms with Crippen molar-refractivity contribution in [2.24, 2.45) is 0 Å². The van der Waals surface area contributed by atoms with Crippen molar-refractivity contribution in [1.82, 2.24) is 14.5 Å². The number of methoxy groups -OCH3 is 1. The largest absolute Gasteiger partial charge is 0.497 e. The summed E-state index contributed by atoms with van der Waals surface area (Å²) >= 11 is 0. The molecule has 30 heavy (non-hydrogen) atoms. The Labute approximate surface area is 178 Å². The minimum Gasteiger partial charge on any atom is -0.497 e. The van der Waals surface area contributed by atoms with Crippen LogP contribution in [0.25, 0.3) is 0 Å². The SMILES string of the molecule is COc1ccc(CCNC(=O)c2cc(S(=O)(=O)N3CCN(C)CC3)ccc2C)cc1. The molecule has 1 aliphatic heterocycles. The van der Waals surface area contributed by atoms with Gasteiger partial charge in [-0.05, 0) is 55.8 Å². The lowest BCUT2D eigenvalue weighted by molar-refractivity contribution is 0.0953. The van der Waals surface area contributed by atoms with Crippen LogP contribution < -0.4 is 10.1 Å². The number of aryl methyl sites for hydroxylation is 1. The lowest BCUT2D eigenvalue weighted by Gasteiger charge is -2.31. The van der Waals surface area contributed by atoms with Gasteiger partial charge in [0.05, 0.1) is 12.0 Å². The number of carbonyl (C=O) groups is 1. The molecule has 1 aliphatic rings. The quantitative estimate of drug-likeness (QED) is 0.725. The van der Waals surface area contributed by atoms with E-state index in [1.807, 2.05) is 38.2 Å². The molecular weight excluding hydrogens is 402 g/mol. The molecule has 7 nitrogen and oxygen atoms in total. The summed E-state index contributed by atoms with van der Waals surface area (Å²) in [4.78, 5) is 15.0. The Bertz CT molecular complexity index is 982. The van der Waals surface area contributed by atoms with E-state index in [2.05, 4.69) is 10.2 Å². The zero-order chi connectivity index (χ0) is 21.7. The topological polar surface area (TPSA) is 78.9 Å². The second-order valence-corrected chi connectivity index (χ2v) is 9.48. The van der Waals surface area contributed by atoms with Gasteiger partial charge in [0.2, 0.25) is 10.0 Å². The summed E-state index contributed by atoms with van der Waals surface area (Å²) in [6.07, 6.45) is 0.675. The van der Waals surface area contributed by atoms with Crippen LogP contribution in [0, 0.1) is 6.92 Å². The van der Waals surface area contributed by atoms with E-state index in [-0.39, 0.29) is 10.8 Å². The van der Waals surface area contributed by atoms with Gasteiger partial charge in [-0.3, -0.25) is 4.79 Å². The minimum atomic E-state index is -3.61.